The van der Waals surface area contributed by atoms with Crippen LogP contribution in [-0.2, 0) is 0 Å². The largest absolute Gasteiger partial charge is 0.350 e. The number of carbonyl (C=O) groups is 1. The Kier molecular flexibility index (Phi) is 3.51. The zero-order valence-corrected chi connectivity index (χ0v) is 11.2. The predicted octanol–water partition coefficient (Wildman–Crippen LogP) is 1.02. The van der Waals surface area contributed by atoms with Gasteiger partial charge in [-0.15, -0.1) is 0 Å². The first-order valence-corrected chi connectivity index (χ1v) is 6.59. The van der Waals surface area contributed by atoms with Crippen LogP contribution < -0.4 is 5.32 Å². The SMILES string of the molecule is N#CN1CC[C@@H](NC(=O)c2cc(-c3ccncc3)no2)C1. The Bertz CT molecular complexity index is 676. The lowest BCUT2D eigenvalue weighted by Gasteiger charge is -2.10. The molecule has 0 bridgehead atoms. The van der Waals surface area contributed by atoms with Gasteiger partial charge in [0.05, 0.1) is 0 Å². The summed E-state index contributed by atoms with van der Waals surface area (Å²) in [6.07, 6.45) is 6.13. The van der Waals surface area contributed by atoms with Crippen LogP contribution >= 0.6 is 0 Å². The first-order valence-electron chi connectivity index (χ1n) is 6.59. The van der Waals surface area contributed by atoms with Crippen molar-refractivity contribution in [2.75, 3.05) is 13.1 Å². The number of nitrogens with one attached hydrogen (secondary N) is 1. The highest BCUT2D eigenvalue weighted by molar-refractivity contribution is 5.92. The highest BCUT2D eigenvalue weighted by Crippen LogP contribution is 2.18. The summed E-state index contributed by atoms with van der Waals surface area (Å²) in [5.74, 6) is -0.148. The fourth-order valence-corrected chi connectivity index (χ4v) is 2.27. The van der Waals surface area contributed by atoms with Crippen LogP contribution in [0.15, 0.2) is 35.1 Å². The van der Waals surface area contributed by atoms with Crippen LogP contribution in [-0.4, -0.2) is 40.1 Å². The van der Waals surface area contributed by atoms with Crippen molar-refractivity contribution in [2.24, 2.45) is 0 Å². The number of nitrogens with zero attached hydrogens (tertiary/aromatic N) is 4. The lowest BCUT2D eigenvalue weighted by Crippen LogP contribution is -2.36. The number of aromatic nitrogens is 2. The van der Waals surface area contributed by atoms with Crippen LogP contribution in [0.1, 0.15) is 17.0 Å². The van der Waals surface area contributed by atoms with Crippen LogP contribution in [0.2, 0.25) is 0 Å². The molecule has 2 aromatic heterocycles. The Morgan fingerprint density at radius 1 is 1.48 bits per heavy atom. The molecule has 1 amide bonds. The molecule has 7 nitrogen and oxygen atoms in total. The first kappa shape index (κ1) is 13.1. The molecular weight excluding hydrogens is 270 g/mol. The Morgan fingerprint density at radius 2 is 2.29 bits per heavy atom. The molecule has 3 heterocycles. The molecule has 1 atom stereocenters. The van der Waals surface area contributed by atoms with E-state index in [1.54, 1.807) is 35.5 Å². The van der Waals surface area contributed by atoms with E-state index in [2.05, 4.69) is 21.7 Å². The molecule has 1 aliphatic rings. The number of pyridine rings is 1. The zero-order valence-electron chi connectivity index (χ0n) is 11.2. The number of nitriles is 1. The van der Waals surface area contributed by atoms with Crippen molar-refractivity contribution in [3.05, 3.63) is 36.4 Å². The third-order valence-electron chi connectivity index (χ3n) is 3.37. The number of carbonyl (C=O) groups excluding carboxylic acids is 1. The molecule has 3 rings (SSSR count). The Balaban J connectivity index is 1.67. The van der Waals surface area contributed by atoms with Gasteiger partial charge in [0, 0.05) is 43.2 Å². The highest BCUT2D eigenvalue weighted by Gasteiger charge is 2.25. The van der Waals surface area contributed by atoms with E-state index in [-0.39, 0.29) is 17.7 Å². The molecule has 1 aliphatic heterocycles. The summed E-state index contributed by atoms with van der Waals surface area (Å²) in [6, 6.07) is 5.15. The van der Waals surface area contributed by atoms with Crippen molar-refractivity contribution in [3.8, 4) is 17.5 Å². The minimum Gasteiger partial charge on any atom is -0.350 e. The second-order valence-corrected chi connectivity index (χ2v) is 4.82. The fraction of sp³-hybridized carbons (Fsp3) is 0.286. The van der Waals surface area contributed by atoms with Gasteiger partial charge in [-0.1, -0.05) is 5.16 Å². The van der Waals surface area contributed by atoms with Crippen molar-refractivity contribution in [1.82, 2.24) is 20.4 Å². The van der Waals surface area contributed by atoms with Crippen LogP contribution in [0.25, 0.3) is 11.3 Å². The molecule has 1 saturated heterocycles. The molecule has 0 aliphatic carbocycles. The second kappa shape index (κ2) is 5.63. The third-order valence-corrected chi connectivity index (χ3v) is 3.37. The quantitative estimate of drug-likeness (QED) is 0.845. The minimum atomic E-state index is -0.312. The van der Waals surface area contributed by atoms with Crippen LogP contribution in [0, 0.1) is 11.5 Å². The number of hydrogen-bond acceptors (Lipinski definition) is 6. The Morgan fingerprint density at radius 3 is 3.00 bits per heavy atom. The summed E-state index contributed by atoms with van der Waals surface area (Å²) >= 11 is 0. The maximum atomic E-state index is 12.1. The second-order valence-electron chi connectivity index (χ2n) is 4.82. The van der Waals surface area contributed by atoms with Crippen LogP contribution in [0.5, 0.6) is 0 Å². The molecule has 0 spiro atoms. The van der Waals surface area contributed by atoms with Gasteiger partial charge in [-0.2, -0.15) is 5.26 Å². The van der Waals surface area contributed by atoms with Crippen LogP contribution in [0.3, 0.4) is 0 Å². The standard InChI is InChI=1S/C14H13N5O2/c15-9-19-6-3-11(8-19)17-14(20)13-7-12(18-21-13)10-1-4-16-5-2-10/h1-2,4-5,7,11H,3,6,8H2,(H,17,20)/t11-/m1/s1. The molecule has 0 aromatic carbocycles. The summed E-state index contributed by atoms with van der Waals surface area (Å²) in [7, 11) is 0. The molecule has 7 heteroatoms. The van der Waals surface area contributed by atoms with Gasteiger partial charge in [-0.3, -0.25) is 9.78 Å². The minimum absolute atomic E-state index is 0.0355. The van der Waals surface area contributed by atoms with Gasteiger partial charge in [0.2, 0.25) is 5.76 Å². The summed E-state index contributed by atoms with van der Waals surface area (Å²) < 4.78 is 5.08. The van der Waals surface area contributed by atoms with E-state index in [1.807, 2.05) is 0 Å². The van der Waals surface area contributed by atoms with Gasteiger partial charge < -0.3 is 14.7 Å². The molecule has 1 N–H and O–H groups in total. The predicted molar refractivity (Wildman–Crippen MR) is 72.8 cm³/mol. The average molecular weight is 283 g/mol. The molecule has 2 aromatic rings. The Labute approximate surface area is 121 Å². The van der Waals surface area contributed by atoms with Gasteiger partial charge >= 0.3 is 0 Å². The topological polar surface area (TPSA) is 95.1 Å². The van der Waals surface area contributed by atoms with Gasteiger partial charge in [-0.25, -0.2) is 0 Å². The summed E-state index contributed by atoms with van der Waals surface area (Å²) in [4.78, 5) is 17.6. The van der Waals surface area contributed by atoms with E-state index in [0.717, 1.165) is 12.0 Å². The van der Waals surface area contributed by atoms with Gasteiger partial charge in [0.1, 0.15) is 5.69 Å². The number of hydrogen-bond donors (Lipinski definition) is 1. The van der Waals surface area contributed by atoms with Crippen molar-refractivity contribution < 1.29 is 9.32 Å². The zero-order chi connectivity index (χ0) is 14.7. The lowest BCUT2D eigenvalue weighted by atomic mass is 10.2. The first-order chi connectivity index (χ1) is 10.3. The van der Waals surface area contributed by atoms with Crippen molar-refractivity contribution in [1.29, 1.82) is 5.26 Å². The third kappa shape index (κ3) is 2.84. The van der Waals surface area contributed by atoms with Crippen molar-refractivity contribution in [2.45, 2.75) is 12.5 Å². The molecular formula is C14H13N5O2. The van der Waals surface area contributed by atoms with E-state index in [1.165, 1.54) is 0 Å². The average Bonchev–Trinajstić information content (AvgIpc) is 3.17. The normalized spacial score (nSPS) is 17.5. The van der Waals surface area contributed by atoms with Crippen molar-refractivity contribution in [3.63, 3.8) is 0 Å². The molecule has 1 fully saturated rings. The van der Waals surface area contributed by atoms with E-state index < -0.39 is 0 Å². The van der Waals surface area contributed by atoms with E-state index >= 15 is 0 Å². The maximum Gasteiger partial charge on any atom is 0.290 e. The number of likely N-dealkylation sites (tertiary alicyclic amines) is 1. The van der Waals surface area contributed by atoms with Gasteiger partial charge in [-0.05, 0) is 18.6 Å². The monoisotopic (exact) mass is 283 g/mol. The Hall–Kier alpha value is -2.88. The van der Waals surface area contributed by atoms with Crippen LogP contribution in [0.4, 0.5) is 0 Å². The van der Waals surface area contributed by atoms with Gasteiger partial charge in [0.25, 0.3) is 5.91 Å². The smallest absolute Gasteiger partial charge is 0.290 e. The maximum absolute atomic E-state index is 12.1. The molecule has 0 radical (unpaired) electrons. The van der Waals surface area contributed by atoms with E-state index in [0.29, 0.717) is 18.8 Å². The highest BCUT2D eigenvalue weighted by atomic mass is 16.5. The van der Waals surface area contributed by atoms with E-state index in [9.17, 15) is 4.79 Å². The molecule has 0 saturated carbocycles. The summed E-state index contributed by atoms with van der Waals surface area (Å²) in [5.41, 5.74) is 1.43. The summed E-state index contributed by atoms with van der Waals surface area (Å²) in [5, 5.41) is 15.5. The summed E-state index contributed by atoms with van der Waals surface area (Å²) in [6.45, 7) is 1.20. The lowest BCUT2D eigenvalue weighted by molar-refractivity contribution is 0.0901. The molecule has 106 valence electrons. The number of amides is 1. The fourth-order valence-electron chi connectivity index (χ4n) is 2.27. The number of rotatable bonds is 3. The molecule has 21 heavy (non-hydrogen) atoms. The van der Waals surface area contributed by atoms with Crippen molar-refractivity contribution >= 4 is 5.91 Å². The molecule has 0 unspecified atom stereocenters. The van der Waals surface area contributed by atoms with E-state index in [4.69, 9.17) is 9.78 Å². The van der Waals surface area contributed by atoms with Gasteiger partial charge in [0.15, 0.2) is 6.19 Å².